The molecule has 0 bridgehead atoms. The predicted molar refractivity (Wildman–Crippen MR) is 42.8 cm³/mol. The van der Waals surface area contributed by atoms with Crippen LogP contribution in [0.2, 0.25) is 0 Å². The first kappa shape index (κ1) is 8.00. The molecule has 1 rings (SSSR count). The van der Waals surface area contributed by atoms with Crippen LogP contribution in [0.3, 0.4) is 0 Å². The van der Waals surface area contributed by atoms with E-state index in [1.807, 2.05) is 0 Å². The summed E-state index contributed by atoms with van der Waals surface area (Å²) in [6.07, 6.45) is 0. The molecule has 0 saturated carbocycles. The third-order valence-electron chi connectivity index (χ3n) is 1.33. The molecular formula is C6H13N5. The quantitative estimate of drug-likeness (QED) is 0.568. The Bertz CT molecular complexity index is 217. The van der Waals surface area contributed by atoms with Crippen LogP contribution in [0.25, 0.3) is 0 Å². The molecule has 0 atom stereocenters. The van der Waals surface area contributed by atoms with Crippen molar-refractivity contribution in [2.24, 2.45) is 0 Å². The highest BCUT2D eigenvalue weighted by Gasteiger charge is 2.02. The minimum atomic E-state index is 0.436. The average molecular weight is 155 g/mol. The molecule has 0 saturated heterocycles. The van der Waals surface area contributed by atoms with Crippen LogP contribution in [0.5, 0.6) is 0 Å². The van der Waals surface area contributed by atoms with Crippen molar-refractivity contribution < 1.29 is 0 Å². The number of nitrogen functional groups attached to an aromatic ring is 1. The van der Waals surface area contributed by atoms with Crippen molar-refractivity contribution in [1.82, 2.24) is 20.7 Å². The maximum atomic E-state index is 5.48. The first-order valence-electron chi connectivity index (χ1n) is 3.58. The van der Waals surface area contributed by atoms with E-state index in [1.54, 1.807) is 0 Å². The van der Waals surface area contributed by atoms with E-state index in [4.69, 9.17) is 5.73 Å². The number of anilines is 1. The Kier molecular flexibility index (Phi) is 2.43. The normalized spacial score (nSPS) is 10.8. The molecular weight excluding hydrogens is 142 g/mol. The highest BCUT2D eigenvalue weighted by atomic mass is 15.4. The maximum absolute atomic E-state index is 5.48. The smallest absolute Gasteiger partial charge is 0.170 e. The van der Waals surface area contributed by atoms with E-state index in [-0.39, 0.29) is 0 Å². The van der Waals surface area contributed by atoms with Gasteiger partial charge in [0.05, 0.1) is 0 Å². The number of hydrogen-bond donors (Lipinski definition) is 3. The van der Waals surface area contributed by atoms with Crippen LogP contribution in [-0.2, 0) is 6.54 Å². The van der Waals surface area contributed by atoms with Crippen molar-refractivity contribution in [3.05, 3.63) is 5.69 Å². The van der Waals surface area contributed by atoms with Crippen molar-refractivity contribution in [1.29, 1.82) is 0 Å². The van der Waals surface area contributed by atoms with Crippen molar-refractivity contribution in [3.63, 3.8) is 0 Å². The van der Waals surface area contributed by atoms with E-state index in [0.717, 1.165) is 5.69 Å². The SMILES string of the molecule is CC(C)NCc1n[nH]nc1N. The first-order valence-corrected chi connectivity index (χ1v) is 3.58. The fourth-order valence-electron chi connectivity index (χ4n) is 0.692. The van der Waals surface area contributed by atoms with Gasteiger partial charge in [0.15, 0.2) is 5.82 Å². The molecule has 0 amide bonds. The van der Waals surface area contributed by atoms with E-state index in [9.17, 15) is 0 Å². The summed E-state index contributed by atoms with van der Waals surface area (Å²) in [7, 11) is 0. The van der Waals surface area contributed by atoms with Gasteiger partial charge in [-0.1, -0.05) is 13.8 Å². The predicted octanol–water partition coefficient (Wildman–Crippen LogP) is -0.115. The van der Waals surface area contributed by atoms with Gasteiger partial charge in [-0.25, -0.2) is 0 Å². The lowest BCUT2D eigenvalue weighted by Crippen LogP contribution is -2.22. The van der Waals surface area contributed by atoms with Gasteiger partial charge in [-0.2, -0.15) is 10.3 Å². The van der Waals surface area contributed by atoms with Crippen molar-refractivity contribution >= 4 is 5.82 Å². The number of aromatic nitrogens is 3. The third kappa shape index (κ3) is 2.19. The summed E-state index contributed by atoms with van der Waals surface area (Å²) in [5.41, 5.74) is 6.26. The Morgan fingerprint density at radius 3 is 2.73 bits per heavy atom. The van der Waals surface area contributed by atoms with Gasteiger partial charge in [0.1, 0.15) is 5.69 Å². The summed E-state index contributed by atoms with van der Waals surface area (Å²) in [4.78, 5) is 0. The van der Waals surface area contributed by atoms with Crippen LogP contribution < -0.4 is 11.1 Å². The molecule has 4 N–H and O–H groups in total. The lowest BCUT2D eigenvalue weighted by atomic mass is 10.3. The Morgan fingerprint density at radius 1 is 1.55 bits per heavy atom. The summed E-state index contributed by atoms with van der Waals surface area (Å²) >= 11 is 0. The monoisotopic (exact) mass is 155 g/mol. The van der Waals surface area contributed by atoms with Crippen LogP contribution >= 0.6 is 0 Å². The van der Waals surface area contributed by atoms with Gasteiger partial charge in [0.25, 0.3) is 0 Å². The van der Waals surface area contributed by atoms with Crippen molar-refractivity contribution in [2.45, 2.75) is 26.4 Å². The lowest BCUT2D eigenvalue weighted by molar-refractivity contribution is 0.581. The molecule has 0 spiro atoms. The second-order valence-electron chi connectivity index (χ2n) is 2.69. The van der Waals surface area contributed by atoms with Crippen LogP contribution in [0.1, 0.15) is 19.5 Å². The second-order valence-corrected chi connectivity index (χ2v) is 2.69. The number of rotatable bonds is 3. The fourth-order valence-corrected chi connectivity index (χ4v) is 0.692. The zero-order valence-corrected chi connectivity index (χ0v) is 6.76. The number of nitrogens with one attached hydrogen (secondary N) is 2. The highest BCUT2D eigenvalue weighted by Crippen LogP contribution is 2.00. The molecule has 0 fully saturated rings. The summed E-state index contributed by atoms with van der Waals surface area (Å²) in [5.74, 6) is 0.471. The molecule has 0 aromatic carbocycles. The van der Waals surface area contributed by atoms with Gasteiger partial charge >= 0.3 is 0 Å². The van der Waals surface area contributed by atoms with Crippen LogP contribution in [-0.4, -0.2) is 21.5 Å². The highest BCUT2D eigenvalue weighted by molar-refractivity contribution is 5.31. The van der Waals surface area contributed by atoms with Crippen LogP contribution in [0.15, 0.2) is 0 Å². The molecule has 5 heteroatoms. The summed E-state index contributed by atoms with van der Waals surface area (Å²) in [6, 6.07) is 0.436. The lowest BCUT2D eigenvalue weighted by Gasteiger charge is -2.04. The van der Waals surface area contributed by atoms with E-state index in [2.05, 4.69) is 34.6 Å². The van der Waals surface area contributed by atoms with Crippen molar-refractivity contribution in [3.8, 4) is 0 Å². The minimum Gasteiger partial charge on any atom is -0.381 e. The molecule has 0 aliphatic rings. The fraction of sp³-hybridized carbons (Fsp3) is 0.667. The molecule has 0 aliphatic carbocycles. The standard InChI is InChI=1S/C6H13N5/c1-4(2)8-3-5-6(7)10-11-9-5/h4,8H,3H2,1-2H3,(H3,7,9,10,11). The Balaban J connectivity index is 2.44. The van der Waals surface area contributed by atoms with E-state index in [1.165, 1.54) is 0 Å². The Morgan fingerprint density at radius 2 is 2.27 bits per heavy atom. The topological polar surface area (TPSA) is 79.6 Å². The number of nitrogens with two attached hydrogens (primary N) is 1. The van der Waals surface area contributed by atoms with Gasteiger partial charge < -0.3 is 11.1 Å². The Hall–Kier alpha value is -1.10. The second kappa shape index (κ2) is 3.34. The van der Waals surface area contributed by atoms with Crippen LogP contribution in [0, 0.1) is 0 Å². The summed E-state index contributed by atoms with van der Waals surface area (Å²) in [5, 5.41) is 13.2. The van der Waals surface area contributed by atoms with E-state index < -0.39 is 0 Å². The van der Waals surface area contributed by atoms with Crippen LogP contribution in [0.4, 0.5) is 5.82 Å². The molecule has 0 radical (unpaired) electrons. The van der Waals surface area contributed by atoms with E-state index >= 15 is 0 Å². The number of aromatic amines is 1. The van der Waals surface area contributed by atoms with Crippen molar-refractivity contribution in [2.75, 3.05) is 5.73 Å². The van der Waals surface area contributed by atoms with Gasteiger partial charge in [-0.3, -0.25) is 0 Å². The molecule has 5 nitrogen and oxygen atoms in total. The van der Waals surface area contributed by atoms with Gasteiger partial charge in [0, 0.05) is 12.6 Å². The molecule has 1 heterocycles. The molecule has 0 unspecified atom stereocenters. The maximum Gasteiger partial charge on any atom is 0.170 e. The van der Waals surface area contributed by atoms with Gasteiger partial charge in [-0.05, 0) is 0 Å². The minimum absolute atomic E-state index is 0.436. The molecule has 11 heavy (non-hydrogen) atoms. The Labute approximate surface area is 65.4 Å². The summed E-state index contributed by atoms with van der Waals surface area (Å²) < 4.78 is 0. The molecule has 1 aromatic heterocycles. The number of H-pyrrole nitrogens is 1. The zero-order valence-electron chi connectivity index (χ0n) is 6.76. The molecule has 0 aliphatic heterocycles. The van der Waals surface area contributed by atoms with Gasteiger partial charge in [-0.15, -0.1) is 5.10 Å². The first-order chi connectivity index (χ1) is 5.20. The largest absolute Gasteiger partial charge is 0.381 e. The molecule has 1 aromatic rings. The van der Waals surface area contributed by atoms with Gasteiger partial charge in [0.2, 0.25) is 0 Å². The van der Waals surface area contributed by atoms with E-state index in [0.29, 0.717) is 18.4 Å². The number of nitrogens with zero attached hydrogens (tertiary/aromatic N) is 2. The molecule has 62 valence electrons. The summed E-state index contributed by atoms with van der Waals surface area (Å²) in [6.45, 7) is 4.80. The third-order valence-corrected chi connectivity index (χ3v) is 1.33. The average Bonchev–Trinajstić information content (AvgIpc) is 2.31. The zero-order chi connectivity index (χ0) is 8.27. The number of hydrogen-bond acceptors (Lipinski definition) is 4.